The highest BCUT2D eigenvalue weighted by Crippen LogP contribution is 2.15. The minimum Gasteiger partial charge on any atom is -0.497 e. The summed E-state index contributed by atoms with van der Waals surface area (Å²) in [4.78, 5) is 17.3. The largest absolute Gasteiger partial charge is 0.497 e. The van der Waals surface area contributed by atoms with Gasteiger partial charge in [-0.3, -0.25) is 4.79 Å². The first kappa shape index (κ1) is 17.0. The fraction of sp³-hybridized carbons (Fsp3) is 0.158. The van der Waals surface area contributed by atoms with Crippen molar-refractivity contribution in [3.63, 3.8) is 0 Å². The van der Waals surface area contributed by atoms with Gasteiger partial charge in [-0.05, 0) is 41.3 Å². The molecule has 2 aromatic heterocycles. The molecule has 0 saturated heterocycles. The highest BCUT2D eigenvalue weighted by atomic mass is 32.1. The first-order valence-electron chi connectivity index (χ1n) is 7.88. The van der Waals surface area contributed by atoms with Crippen LogP contribution < -0.4 is 15.4 Å². The molecule has 0 bridgehead atoms. The summed E-state index contributed by atoms with van der Waals surface area (Å²) in [5, 5.41) is 8.08. The maximum Gasteiger partial charge on any atom is 0.229 e. The lowest BCUT2D eigenvalue weighted by Crippen LogP contribution is -2.14. The molecule has 0 saturated carbocycles. The summed E-state index contributed by atoms with van der Waals surface area (Å²) in [6, 6.07) is 15.5. The molecule has 0 aliphatic heterocycles. The van der Waals surface area contributed by atoms with Crippen LogP contribution in [-0.4, -0.2) is 18.0 Å². The van der Waals surface area contributed by atoms with Gasteiger partial charge in [0.25, 0.3) is 0 Å². The van der Waals surface area contributed by atoms with Gasteiger partial charge in [-0.2, -0.15) is 0 Å². The summed E-state index contributed by atoms with van der Waals surface area (Å²) < 4.78 is 5.14. The Balaban J connectivity index is 1.50. The van der Waals surface area contributed by atoms with Gasteiger partial charge in [-0.15, -0.1) is 11.3 Å². The Morgan fingerprint density at radius 2 is 2.00 bits per heavy atom. The summed E-state index contributed by atoms with van der Waals surface area (Å²) in [5.41, 5.74) is 1.83. The highest BCUT2D eigenvalue weighted by molar-refractivity contribution is 7.10. The average molecular weight is 353 g/mol. The molecule has 0 aliphatic carbocycles. The van der Waals surface area contributed by atoms with Crippen LogP contribution >= 0.6 is 11.3 Å². The van der Waals surface area contributed by atoms with Gasteiger partial charge in [-0.25, -0.2) is 4.98 Å². The molecular formula is C19H19N3O2S. The number of carbonyl (C=O) groups is 1. The second-order valence-electron chi connectivity index (χ2n) is 5.44. The first-order chi connectivity index (χ1) is 12.2. The second kappa shape index (κ2) is 8.30. The third kappa shape index (κ3) is 5.06. The molecule has 6 heteroatoms. The maximum absolute atomic E-state index is 12.0. The van der Waals surface area contributed by atoms with Crippen LogP contribution in [0.3, 0.4) is 0 Å². The van der Waals surface area contributed by atoms with E-state index in [1.807, 2.05) is 53.9 Å². The number of hydrogen-bond donors (Lipinski definition) is 2. The maximum atomic E-state index is 12.0. The SMILES string of the molecule is COc1ccc(CNc2ccc(NC(=O)Cc3cccs3)cn2)cc1. The van der Waals surface area contributed by atoms with E-state index in [1.54, 1.807) is 24.6 Å². The van der Waals surface area contributed by atoms with Crippen molar-refractivity contribution in [1.82, 2.24) is 4.98 Å². The van der Waals surface area contributed by atoms with Crippen molar-refractivity contribution in [2.45, 2.75) is 13.0 Å². The van der Waals surface area contributed by atoms with Crippen molar-refractivity contribution in [1.29, 1.82) is 0 Å². The number of hydrogen-bond acceptors (Lipinski definition) is 5. The molecule has 128 valence electrons. The van der Waals surface area contributed by atoms with Crippen LogP contribution in [-0.2, 0) is 17.8 Å². The van der Waals surface area contributed by atoms with E-state index in [1.165, 1.54) is 0 Å². The lowest BCUT2D eigenvalue weighted by Gasteiger charge is -2.08. The summed E-state index contributed by atoms with van der Waals surface area (Å²) in [7, 11) is 1.65. The Kier molecular flexibility index (Phi) is 5.64. The number of nitrogens with one attached hydrogen (secondary N) is 2. The number of nitrogens with zero attached hydrogens (tertiary/aromatic N) is 1. The molecule has 0 unspecified atom stereocenters. The van der Waals surface area contributed by atoms with Crippen LogP contribution in [0.4, 0.5) is 11.5 Å². The van der Waals surface area contributed by atoms with Crippen molar-refractivity contribution in [2.24, 2.45) is 0 Å². The number of benzene rings is 1. The van der Waals surface area contributed by atoms with Gasteiger partial charge < -0.3 is 15.4 Å². The van der Waals surface area contributed by atoms with Gasteiger partial charge in [0.15, 0.2) is 0 Å². The zero-order chi connectivity index (χ0) is 17.5. The Morgan fingerprint density at radius 3 is 2.64 bits per heavy atom. The number of rotatable bonds is 7. The molecule has 3 aromatic rings. The number of amides is 1. The van der Waals surface area contributed by atoms with E-state index in [4.69, 9.17) is 4.74 Å². The van der Waals surface area contributed by atoms with Crippen molar-refractivity contribution < 1.29 is 9.53 Å². The number of methoxy groups -OCH3 is 1. The number of ether oxygens (including phenoxy) is 1. The predicted octanol–water partition coefficient (Wildman–Crippen LogP) is 3.95. The highest BCUT2D eigenvalue weighted by Gasteiger charge is 2.05. The zero-order valence-corrected chi connectivity index (χ0v) is 14.7. The Morgan fingerprint density at radius 1 is 1.16 bits per heavy atom. The topological polar surface area (TPSA) is 63.2 Å². The van der Waals surface area contributed by atoms with Crippen LogP contribution in [0, 0.1) is 0 Å². The summed E-state index contributed by atoms with van der Waals surface area (Å²) in [6.07, 6.45) is 2.04. The van der Waals surface area contributed by atoms with Crippen molar-refractivity contribution >= 4 is 28.7 Å². The van der Waals surface area contributed by atoms with E-state index >= 15 is 0 Å². The Hall–Kier alpha value is -2.86. The van der Waals surface area contributed by atoms with Crippen LogP contribution in [0.5, 0.6) is 5.75 Å². The monoisotopic (exact) mass is 353 g/mol. The Labute approximate surface area is 150 Å². The predicted molar refractivity (Wildman–Crippen MR) is 101 cm³/mol. The van der Waals surface area contributed by atoms with E-state index in [9.17, 15) is 4.79 Å². The number of thiophene rings is 1. The van der Waals surface area contributed by atoms with E-state index in [2.05, 4.69) is 15.6 Å². The lowest BCUT2D eigenvalue weighted by atomic mass is 10.2. The fourth-order valence-corrected chi connectivity index (χ4v) is 2.99. The van der Waals surface area contributed by atoms with Gasteiger partial charge in [0.2, 0.25) is 5.91 Å². The van der Waals surface area contributed by atoms with Crippen molar-refractivity contribution in [2.75, 3.05) is 17.7 Å². The van der Waals surface area contributed by atoms with Gasteiger partial charge in [0.1, 0.15) is 11.6 Å². The molecule has 0 atom stereocenters. The molecular weight excluding hydrogens is 334 g/mol. The van der Waals surface area contributed by atoms with Gasteiger partial charge in [-0.1, -0.05) is 18.2 Å². The molecule has 5 nitrogen and oxygen atoms in total. The van der Waals surface area contributed by atoms with Gasteiger partial charge in [0, 0.05) is 11.4 Å². The van der Waals surface area contributed by atoms with E-state index in [0.717, 1.165) is 22.0 Å². The van der Waals surface area contributed by atoms with Gasteiger partial charge in [0.05, 0.1) is 25.4 Å². The average Bonchev–Trinajstić information content (AvgIpc) is 3.14. The number of aromatic nitrogens is 1. The number of pyridine rings is 1. The number of anilines is 2. The molecule has 1 amide bonds. The summed E-state index contributed by atoms with van der Waals surface area (Å²) in [5.74, 6) is 1.56. The van der Waals surface area contributed by atoms with Crippen LogP contribution in [0.15, 0.2) is 60.1 Å². The molecule has 1 aromatic carbocycles. The Bertz CT molecular complexity index is 800. The quantitative estimate of drug-likeness (QED) is 0.675. The molecule has 2 N–H and O–H groups in total. The van der Waals surface area contributed by atoms with Crippen LogP contribution in [0.25, 0.3) is 0 Å². The van der Waals surface area contributed by atoms with Crippen molar-refractivity contribution in [3.05, 3.63) is 70.5 Å². The third-order valence-corrected chi connectivity index (χ3v) is 4.47. The molecule has 0 radical (unpaired) electrons. The minimum absolute atomic E-state index is 0.0387. The van der Waals surface area contributed by atoms with Crippen LogP contribution in [0.1, 0.15) is 10.4 Å². The van der Waals surface area contributed by atoms with E-state index in [0.29, 0.717) is 18.7 Å². The smallest absolute Gasteiger partial charge is 0.229 e. The fourth-order valence-electron chi connectivity index (χ4n) is 2.28. The van der Waals surface area contributed by atoms with Crippen molar-refractivity contribution in [3.8, 4) is 5.75 Å². The molecule has 3 rings (SSSR count). The van der Waals surface area contributed by atoms with E-state index < -0.39 is 0 Å². The summed E-state index contributed by atoms with van der Waals surface area (Å²) in [6.45, 7) is 0.668. The first-order valence-corrected chi connectivity index (χ1v) is 8.76. The van der Waals surface area contributed by atoms with E-state index in [-0.39, 0.29) is 5.91 Å². The molecule has 2 heterocycles. The molecule has 0 aliphatic rings. The minimum atomic E-state index is -0.0387. The molecule has 25 heavy (non-hydrogen) atoms. The normalized spacial score (nSPS) is 10.3. The van der Waals surface area contributed by atoms with Crippen LogP contribution in [0.2, 0.25) is 0 Å². The second-order valence-corrected chi connectivity index (χ2v) is 6.47. The zero-order valence-electron chi connectivity index (χ0n) is 13.9. The standard InChI is InChI=1S/C19H19N3O2S/c1-24-16-7-4-14(5-8-16)12-20-18-9-6-15(13-21-18)22-19(23)11-17-3-2-10-25-17/h2-10,13H,11-12H2,1H3,(H,20,21)(H,22,23). The van der Waals surface area contributed by atoms with Gasteiger partial charge >= 0.3 is 0 Å². The molecule has 0 spiro atoms. The lowest BCUT2D eigenvalue weighted by molar-refractivity contribution is -0.115. The summed E-state index contributed by atoms with van der Waals surface area (Å²) >= 11 is 1.58. The number of carbonyl (C=O) groups excluding carboxylic acids is 1. The molecule has 0 fully saturated rings. The third-order valence-electron chi connectivity index (χ3n) is 3.59.